The lowest BCUT2D eigenvalue weighted by atomic mass is 10.1. The highest BCUT2D eigenvalue weighted by molar-refractivity contribution is 6.17. The van der Waals surface area contributed by atoms with Gasteiger partial charge in [-0.1, -0.05) is 26.0 Å². The third-order valence-electron chi connectivity index (χ3n) is 2.80. The molecule has 0 atom stereocenters. The molecule has 0 unspecified atom stereocenters. The fourth-order valence-corrected chi connectivity index (χ4v) is 1.97. The first kappa shape index (κ1) is 13.8. The second-order valence-corrected chi connectivity index (χ2v) is 5.14. The number of anilines is 2. The molecular weight excluding hydrogens is 258 g/mol. The van der Waals surface area contributed by atoms with Gasteiger partial charge in [0.2, 0.25) is 5.95 Å². The van der Waals surface area contributed by atoms with Crippen LogP contribution in [0.2, 0.25) is 0 Å². The average molecular weight is 276 g/mol. The number of nitrogens with one attached hydrogen (secondary N) is 1. The molecule has 0 fully saturated rings. The Morgan fingerprint density at radius 2 is 2.00 bits per heavy atom. The van der Waals surface area contributed by atoms with Gasteiger partial charge in [-0.3, -0.25) is 0 Å². The Bertz CT molecular complexity index is 567. The zero-order valence-corrected chi connectivity index (χ0v) is 12.2. The van der Waals surface area contributed by atoms with Crippen LogP contribution in [0.15, 0.2) is 30.3 Å². The Morgan fingerprint density at radius 1 is 1.21 bits per heavy atom. The van der Waals surface area contributed by atoms with E-state index in [0.717, 1.165) is 22.6 Å². The summed E-state index contributed by atoms with van der Waals surface area (Å²) in [7, 11) is 0. The van der Waals surface area contributed by atoms with E-state index in [1.54, 1.807) is 0 Å². The molecule has 0 saturated carbocycles. The largest absolute Gasteiger partial charge is 0.324 e. The van der Waals surface area contributed by atoms with Crippen LogP contribution in [0.4, 0.5) is 11.6 Å². The van der Waals surface area contributed by atoms with Crippen molar-refractivity contribution < 1.29 is 0 Å². The normalized spacial score (nSPS) is 10.8. The van der Waals surface area contributed by atoms with Crippen LogP contribution in [-0.2, 0) is 5.88 Å². The molecule has 4 heteroatoms. The van der Waals surface area contributed by atoms with Crippen LogP contribution in [0.3, 0.4) is 0 Å². The van der Waals surface area contributed by atoms with Gasteiger partial charge in [0.15, 0.2) is 0 Å². The molecule has 19 heavy (non-hydrogen) atoms. The number of benzene rings is 1. The van der Waals surface area contributed by atoms with E-state index in [-0.39, 0.29) is 0 Å². The van der Waals surface area contributed by atoms with Crippen molar-refractivity contribution in [2.45, 2.75) is 32.6 Å². The van der Waals surface area contributed by atoms with Gasteiger partial charge in [0.25, 0.3) is 0 Å². The lowest BCUT2D eigenvalue weighted by Crippen LogP contribution is -2.03. The van der Waals surface area contributed by atoms with Crippen LogP contribution in [-0.4, -0.2) is 9.97 Å². The fraction of sp³-hybridized carbons (Fsp3) is 0.333. The Labute approximate surface area is 119 Å². The van der Waals surface area contributed by atoms with Gasteiger partial charge in [0.1, 0.15) is 0 Å². The summed E-state index contributed by atoms with van der Waals surface area (Å²) < 4.78 is 0. The highest BCUT2D eigenvalue weighted by Crippen LogP contribution is 2.19. The van der Waals surface area contributed by atoms with Gasteiger partial charge in [-0.25, -0.2) is 9.97 Å². The Kier molecular flexibility index (Phi) is 4.38. The first-order valence-electron chi connectivity index (χ1n) is 6.36. The predicted molar refractivity (Wildman–Crippen MR) is 80.1 cm³/mol. The number of aryl methyl sites for hydroxylation is 1. The van der Waals surface area contributed by atoms with Crippen LogP contribution >= 0.6 is 11.6 Å². The number of hydrogen-bond acceptors (Lipinski definition) is 3. The van der Waals surface area contributed by atoms with Crippen molar-refractivity contribution >= 4 is 23.2 Å². The summed E-state index contributed by atoms with van der Waals surface area (Å²) in [5.74, 6) is 1.52. The van der Waals surface area contributed by atoms with Gasteiger partial charge in [0, 0.05) is 23.0 Å². The highest BCUT2D eigenvalue weighted by Gasteiger charge is 2.06. The minimum Gasteiger partial charge on any atom is -0.324 e. The zero-order chi connectivity index (χ0) is 13.8. The molecule has 0 amide bonds. The minimum absolute atomic E-state index is 0.386. The first-order valence-corrected chi connectivity index (χ1v) is 6.89. The highest BCUT2D eigenvalue weighted by atomic mass is 35.5. The predicted octanol–water partition coefficient (Wildman–Crippen LogP) is 4.39. The summed E-state index contributed by atoms with van der Waals surface area (Å²) in [4.78, 5) is 8.94. The van der Waals surface area contributed by atoms with Crippen LogP contribution in [0.25, 0.3) is 0 Å². The standard InChI is InChI=1S/C15H18ClN3/c1-10(2)14-7-11(3)17-15(19-14)18-13-6-4-5-12(8-13)9-16/h4-8,10H,9H2,1-3H3,(H,17,18,19). The van der Waals surface area contributed by atoms with Crippen molar-refractivity contribution in [2.75, 3.05) is 5.32 Å². The van der Waals surface area contributed by atoms with E-state index in [0.29, 0.717) is 17.7 Å². The molecule has 3 nitrogen and oxygen atoms in total. The molecule has 0 spiro atoms. The Morgan fingerprint density at radius 3 is 2.68 bits per heavy atom. The molecule has 0 radical (unpaired) electrons. The molecule has 1 aromatic heterocycles. The molecule has 2 rings (SSSR count). The number of hydrogen-bond donors (Lipinski definition) is 1. The van der Waals surface area contributed by atoms with E-state index >= 15 is 0 Å². The second-order valence-electron chi connectivity index (χ2n) is 4.87. The summed E-state index contributed by atoms with van der Waals surface area (Å²) >= 11 is 5.83. The van der Waals surface area contributed by atoms with E-state index in [9.17, 15) is 0 Å². The van der Waals surface area contributed by atoms with Gasteiger partial charge < -0.3 is 5.32 Å². The molecular formula is C15H18ClN3. The summed E-state index contributed by atoms with van der Waals surface area (Å²) in [6.07, 6.45) is 0. The van der Waals surface area contributed by atoms with Crippen LogP contribution < -0.4 is 5.32 Å². The molecule has 0 saturated heterocycles. The summed E-state index contributed by atoms with van der Waals surface area (Å²) in [6.45, 7) is 6.23. The van der Waals surface area contributed by atoms with E-state index in [1.807, 2.05) is 37.3 Å². The average Bonchev–Trinajstić information content (AvgIpc) is 2.38. The number of alkyl halides is 1. The molecule has 1 heterocycles. The maximum absolute atomic E-state index is 5.83. The van der Waals surface area contributed by atoms with E-state index < -0.39 is 0 Å². The van der Waals surface area contributed by atoms with Crippen molar-refractivity contribution in [1.82, 2.24) is 9.97 Å². The summed E-state index contributed by atoms with van der Waals surface area (Å²) in [5, 5.41) is 3.23. The second kappa shape index (κ2) is 6.02. The van der Waals surface area contributed by atoms with Crippen LogP contribution in [0.5, 0.6) is 0 Å². The van der Waals surface area contributed by atoms with E-state index in [2.05, 4.69) is 29.1 Å². The van der Waals surface area contributed by atoms with Crippen LogP contribution in [0, 0.1) is 6.92 Å². The lowest BCUT2D eigenvalue weighted by Gasteiger charge is -2.10. The number of nitrogens with zero attached hydrogens (tertiary/aromatic N) is 2. The van der Waals surface area contributed by atoms with Crippen molar-refractivity contribution in [3.05, 3.63) is 47.3 Å². The molecule has 0 aliphatic rings. The van der Waals surface area contributed by atoms with E-state index in [4.69, 9.17) is 11.6 Å². The molecule has 0 aliphatic heterocycles. The van der Waals surface area contributed by atoms with Gasteiger partial charge >= 0.3 is 0 Å². The SMILES string of the molecule is Cc1cc(C(C)C)nc(Nc2cccc(CCl)c2)n1. The maximum Gasteiger partial charge on any atom is 0.227 e. The van der Waals surface area contributed by atoms with Crippen LogP contribution in [0.1, 0.15) is 36.7 Å². The molecule has 1 aromatic carbocycles. The summed E-state index contributed by atoms with van der Waals surface area (Å²) in [5.41, 5.74) is 4.04. The Hall–Kier alpha value is -1.61. The van der Waals surface area contributed by atoms with Gasteiger partial charge in [0.05, 0.1) is 0 Å². The fourth-order valence-electron chi connectivity index (χ4n) is 1.81. The molecule has 1 N–H and O–H groups in total. The zero-order valence-electron chi connectivity index (χ0n) is 11.4. The number of halogens is 1. The number of rotatable bonds is 4. The lowest BCUT2D eigenvalue weighted by molar-refractivity contribution is 0.812. The molecule has 100 valence electrons. The monoisotopic (exact) mass is 275 g/mol. The van der Waals surface area contributed by atoms with E-state index in [1.165, 1.54) is 0 Å². The quantitative estimate of drug-likeness (QED) is 0.841. The Balaban J connectivity index is 2.27. The molecule has 0 aliphatic carbocycles. The van der Waals surface area contributed by atoms with Crippen molar-refractivity contribution in [3.63, 3.8) is 0 Å². The van der Waals surface area contributed by atoms with Gasteiger partial charge in [-0.15, -0.1) is 11.6 Å². The minimum atomic E-state index is 0.386. The molecule has 2 aromatic rings. The maximum atomic E-state index is 5.83. The molecule has 0 bridgehead atoms. The first-order chi connectivity index (χ1) is 9.08. The van der Waals surface area contributed by atoms with Gasteiger partial charge in [-0.05, 0) is 36.6 Å². The third-order valence-corrected chi connectivity index (χ3v) is 3.11. The van der Waals surface area contributed by atoms with Gasteiger partial charge in [-0.2, -0.15) is 0 Å². The van der Waals surface area contributed by atoms with Crippen molar-refractivity contribution in [2.24, 2.45) is 0 Å². The summed E-state index contributed by atoms with van der Waals surface area (Å²) in [6, 6.07) is 9.98. The number of aromatic nitrogens is 2. The van der Waals surface area contributed by atoms with Crippen molar-refractivity contribution in [1.29, 1.82) is 0 Å². The topological polar surface area (TPSA) is 37.8 Å². The third kappa shape index (κ3) is 3.67. The van der Waals surface area contributed by atoms with Crippen molar-refractivity contribution in [3.8, 4) is 0 Å². The smallest absolute Gasteiger partial charge is 0.227 e.